The van der Waals surface area contributed by atoms with E-state index in [0.29, 0.717) is 17.3 Å². The first-order valence-corrected chi connectivity index (χ1v) is 32.1. The van der Waals surface area contributed by atoms with E-state index in [0.717, 1.165) is 57.8 Å². The van der Waals surface area contributed by atoms with Crippen molar-refractivity contribution in [2.24, 2.45) is 17.8 Å². The van der Waals surface area contributed by atoms with Gasteiger partial charge in [-0.3, -0.25) is 0 Å². The van der Waals surface area contributed by atoms with Crippen LogP contribution in [-0.2, 0) is 14.4 Å². The van der Waals surface area contributed by atoms with Crippen molar-refractivity contribution in [1.29, 1.82) is 0 Å². The molecule has 0 aromatic heterocycles. The monoisotopic (exact) mass is 1090 g/mol. The predicted molar refractivity (Wildman–Crippen MR) is 294 cm³/mol. The van der Waals surface area contributed by atoms with Gasteiger partial charge in [-0.05, 0) is 36.5 Å². The average Bonchev–Trinajstić information content (AvgIpc) is 3.30. The molecule has 0 spiro atoms. The van der Waals surface area contributed by atoms with E-state index >= 15 is 0 Å². The summed E-state index contributed by atoms with van der Waals surface area (Å²) in [4.78, 5) is 32.1. The van der Waals surface area contributed by atoms with Crippen LogP contribution in [0.3, 0.4) is 0 Å². The Kier molecular flexibility index (Phi) is 72.0. The van der Waals surface area contributed by atoms with Crippen molar-refractivity contribution in [3.8, 4) is 0 Å². The number of hydrogen-bond donors (Lipinski definition) is 3. The number of aliphatic carboxylic acids is 3. The second kappa shape index (κ2) is 65.3. The molecule has 0 aliphatic carbocycles. The molecule has 0 fully saturated rings. The van der Waals surface area contributed by atoms with Crippen LogP contribution < -0.4 is 15.3 Å². The van der Waals surface area contributed by atoms with E-state index in [9.17, 15) is 29.7 Å². The third-order valence-electron chi connectivity index (χ3n) is 12.7. The van der Waals surface area contributed by atoms with Crippen LogP contribution >= 0.6 is 37.9 Å². The number of thiol groups is 3. The molecule has 392 valence electrons. The van der Waals surface area contributed by atoms with Crippen molar-refractivity contribution in [2.45, 2.75) is 302 Å². The molecule has 66 heavy (non-hydrogen) atoms. The van der Waals surface area contributed by atoms with Gasteiger partial charge >= 0.3 is 72.4 Å². The normalized spacial score (nSPS) is 12.2. The molecule has 0 rings (SSSR count). The van der Waals surface area contributed by atoms with Gasteiger partial charge in [0, 0.05) is 35.7 Å². The third-order valence-corrected chi connectivity index (χ3v) is 15.0. The Bertz CT molecular complexity index is 835. The molecule has 3 atom stereocenters. The minimum absolute atomic E-state index is 0.359. The molecule has 10 heteroatoms. The zero-order chi connectivity index (χ0) is 50.0. The number of hydrogen-bond acceptors (Lipinski definition) is 9. The standard InChI is InChI=1S/3C16H32O2S.C8H17.Sn/c3*1-2-3-4-5-6-7-8-9-10-11-12-13-15(14-19)16(17)18;1-3-5-7-8-6-4-2;/h3*15,19H,2-14H2,1H3,(H,17,18);1,3-8H2,2H3;/q;;;;+3/p-3. The summed E-state index contributed by atoms with van der Waals surface area (Å²) < 4.78 is 1.46. The first kappa shape index (κ1) is 72.8. The summed E-state index contributed by atoms with van der Waals surface area (Å²) in [6.45, 7) is 9.01. The number of carbonyl (C=O) groups excluding carboxylic acids is 3. The number of unbranched alkanes of at least 4 members (excludes halogenated alkanes) is 35. The Labute approximate surface area is 441 Å². The summed E-state index contributed by atoms with van der Waals surface area (Å²) in [5, 5.41) is 32.1. The van der Waals surface area contributed by atoms with Crippen LogP contribution in [-0.4, -0.2) is 57.7 Å². The summed E-state index contributed by atoms with van der Waals surface area (Å²) in [6.07, 6.45) is 53.6. The number of carboxylic acids is 3. The maximum absolute atomic E-state index is 10.7. The van der Waals surface area contributed by atoms with Gasteiger partial charge in [-0.2, -0.15) is 37.9 Å². The Morgan fingerprint density at radius 1 is 0.303 bits per heavy atom. The van der Waals surface area contributed by atoms with Crippen molar-refractivity contribution in [3.05, 3.63) is 0 Å². The quantitative estimate of drug-likeness (QED) is 0.0317. The summed E-state index contributed by atoms with van der Waals surface area (Å²) in [5.74, 6) is -2.70. The van der Waals surface area contributed by atoms with Crippen LogP contribution in [0.2, 0.25) is 4.44 Å². The molecule has 3 unspecified atom stereocenters. The number of carbonyl (C=O) groups is 3. The summed E-state index contributed by atoms with van der Waals surface area (Å²) in [7, 11) is 0. The SMILES string of the molecule is CCCCCCCCCCCCCC(CS)C(=O)[O-].CCCCCCCCCCCCCC(CS)C(=O)[O-].CCCCCCCCCCCCCC(CS)C(=O)[O-].CCCCCCC[CH2][Sn+3]. The Morgan fingerprint density at radius 2 is 0.455 bits per heavy atom. The van der Waals surface area contributed by atoms with Crippen LogP contribution in [0.1, 0.15) is 297 Å². The predicted octanol–water partition coefficient (Wildman–Crippen LogP) is 14.9. The van der Waals surface area contributed by atoms with E-state index in [1.807, 2.05) is 0 Å². The van der Waals surface area contributed by atoms with Crippen molar-refractivity contribution >= 4 is 78.3 Å². The zero-order valence-electron chi connectivity index (χ0n) is 44.1. The molecule has 0 saturated heterocycles. The summed E-state index contributed by atoms with van der Waals surface area (Å²) in [6, 6.07) is 0. The van der Waals surface area contributed by atoms with Crippen molar-refractivity contribution in [3.63, 3.8) is 0 Å². The topological polar surface area (TPSA) is 120 Å². The van der Waals surface area contributed by atoms with Gasteiger partial charge in [0.25, 0.3) is 0 Å². The molecule has 0 radical (unpaired) electrons. The molecule has 0 aliphatic rings. The minimum atomic E-state index is -0.943. The molecule has 0 N–H and O–H groups in total. The van der Waals surface area contributed by atoms with Gasteiger partial charge in [0.2, 0.25) is 0 Å². The maximum atomic E-state index is 10.7. The van der Waals surface area contributed by atoms with Crippen LogP contribution in [0.25, 0.3) is 0 Å². The van der Waals surface area contributed by atoms with E-state index in [-0.39, 0.29) is 17.8 Å². The molecule has 0 aromatic rings. The van der Waals surface area contributed by atoms with Gasteiger partial charge in [0.05, 0.1) is 0 Å². The van der Waals surface area contributed by atoms with E-state index < -0.39 is 17.9 Å². The van der Waals surface area contributed by atoms with Crippen LogP contribution in [0, 0.1) is 17.8 Å². The fourth-order valence-electron chi connectivity index (χ4n) is 7.92. The van der Waals surface area contributed by atoms with E-state index in [4.69, 9.17) is 0 Å². The molecular formula is C56H110O6S3Sn. The average molecular weight is 1090 g/mol. The summed E-state index contributed by atoms with van der Waals surface area (Å²) >= 11 is 13.8. The van der Waals surface area contributed by atoms with Gasteiger partial charge in [-0.25, -0.2) is 0 Å². The molecular weight excluding hydrogens is 984 g/mol. The van der Waals surface area contributed by atoms with Gasteiger partial charge < -0.3 is 29.7 Å². The molecule has 0 aromatic carbocycles. The zero-order valence-corrected chi connectivity index (χ0v) is 49.6. The number of rotatable bonds is 48. The van der Waals surface area contributed by atoms with Gasteiger partial charge in [-0.15, -0.1) is 0 Å². The Hall–Kier alpha value is 0.259. The van der Waals surface area contributed by atoms with E-state index in [2.05, 4.69) is 65.6 Å². The molecule has 6 nitrogen and oxygen atoms in total. The molecule has 0 aliphatic heterocycles. The van der Waals surface area contributed by atoms with Gasteiger partial charge in [-0.1, -0.05) is 233 Å². The van der Waals surface area contributed by atoms with Crippen molar-refractivity contribution < 1.29 is 29.7 Å². The Morgan fingerprint density at radius 3 is 0.591 bits per heavy atom. The second-order valence-electron chi connectivity index (χ2n) is 19.1. The first-order chi connectivity index (χ1) is 32.1. The van der Waals surface area contributed by atoms with Crippen molar-refractivity contribution in [1.82, 2.24) is 0 Å². The molecule has 0 amide bonds. The van der Waals surface area contributed by atoms with E-state index in [1.54, 1.807) is 22.5 Å². The molecule has 0 bridgehead atoms. The van der Waals surface area contributed by atoms with Crippen LogP contribution in [0.15, 0.2) is 0 Å². The fraction of sp³-hybridized carbons (Fsp3) is 0.946. The third kappa shape index (κ3) is 64.3. The van der Waals surface area contributed by atoms with E-state index in [1.165, 1.54) is 216 Å². The number of carboxylic acid groups (broad SMARTS) is 3. The molecule has 0 saturated carbocycles. The summed E-state index contributed by atoms with van der Waals surface area (Å²) in [5.41, 5.74) is 0. The first-order valence-electron chi connectivity index (χ1n) is 28.2. The van der Waals surface area contributed by atoms with Gasteiger partial charge in [0.15, 0.2) is 0 Å². The fourth-order valence-corrected chi connectivity index (χ4v) is 9.63. The second-order valence-corrected chi connectivity index (χ2v) is 21.6. The van der Waals surface area contributed by atoms with Gasteiger partial charge in [0.1, 0.15) is 0 Å². The Balaban J connectivity index is -0.000000400. The molecule has 0 heterocycles. The van der Waals surface area contributed by atoms with Crippen molar-refractivity contribution in [2.75, 3.05) is 17.3 Å². The van der Waals surface area contributed by atoms with Crippen LogP contribution in [0.4, 0.5) is 0 Å². The van der Waals surface area contributed by atoms with Crippen LogP contribution in [0.5, 0.6) is 0 Å².